The Morgan fingerprint density at radius 1 is 0.855 bits per heavy atom. The van der Waals surface area contributed by atoms with Crippen molar-refractivity contribution in [2.24, 2.45) is 10.9 Å². The van der Waals surface area contributed by atoms with Gasteiger partial charge in [-0.25, -0.2) is 43.8 Å². The second-order valence-corrected chi connectivity index (χ2v) is 22.3. The average molecular weight is 1000 g/mol. The Morgan fingerprint density at radius 3 is 2.06 bits per heavy atom. The number of aryl methyl sites for hydroxylation is 1. The van der Waals surface area contributed by atoms with Crippen LogP contribution in [0.4, 0.5) is 23.2 Å². The van der Waals surface area contributed by atoms with E-state index in [-0.39, 0.29) is 66.6 Å². The number of carbonyl (C=O) groups excluding carboxylic acids is 2. The van der Waals surface area contributed by atoms with Crippen LogP contribution in [0.5, 0.6) is 11.5 Å². The lowest BCUT2D eigenvalue weighted by atomic mass is 9.83. The Balaban J connectivity index is 1.61. The predicted octanol–water partition coefficient (Wildman–Crippen LogP) is 8.38. The molecule has 7 rings (SSSR count). The van der Waals surface area contributed by atoms with Gasteiger partial charge in [-0.3, -0.25) is 14.6 Å². The first-order valence-electron chi connectivity index (χ1n) is 24.6. The van der Waals surface area contributed by atoms with Crippen molar-refractivity contribution in [3.8, 4) is 11.5 Å². The summed E-state index contributed by atoms with van der Waals surface area (Å²) in [5, 5.41) is 3.02. The number of fused-ring (bicyclic) bond motifs is 4. The van der Waals surface area contributed by atoms with Crippen molar-refractivity contribution in [3.05, 3.63) is 73.8 Å². The quantitative estimate of drug-likeness (QED) is 0.0383. The van der Waals surface area contributed by atoms with Gasteiger partial charge in [0.15, 0.2) is 39.7 Å². The van der Waals surface area contributed by atoms with Crippen molar-refractivity contribution in [2.45, 2.75) is 166 Å². The average Bonchev–Trinajstić information content (AvgIpc) is 3.32. The van der Waals surface area contributed by atoms with E-state index in [2.05, 4.69) is 19.8 Å². The molecule has 1 saturated heterocycles. The van der Waals surface area contributed by atoms with Gasteiger partial charge in [-0.15, -0.1) is 0 Å². The van der Waals surface area contributed by atoms with Crippen molar-refractivity contribution in [2.75, 3.05) is 31.5 Å². The number of halogens is 4. The van der Waals surface area contributed by atoms with Gasteiger partial charge in [-0.05, 0) is 74.1 Å². The zero-order valence-electron chi connectivity index (χ0n) is 40.6. The number of unbranched alkanes of at least 4 members (excludes halogenated alkanes) is 2. The first-order chi connectivity index (χ1) is 32.8. The molecule has 3 unspecified atom stereocenters. The minimum atomic E-state index is -4.67. The SMILES string of the molecule is CCCCC(CC)NS(=O)(=O)c1c2c(cc3c1Oc1c(S(=O)(=O)NC(CC)CCCC)c4c(cc1=C3c1c(F)c(F)c(F)c(F)c1C(=O)N1CCC(OC(=O)C(C)C)CC1)CCCN=4)C(C)CCN2. The summed E-state index contributed by atoms with van der Waals surface area (Å²) < 4.78 is 145. The number of hydrogen-bond donors (Lipinski definition) is 3. The van der Waals surface area contributed by atoms with Crippen LogP contribution in [0.1, 0.15) is 164 Å². The van der Waals surface area contributed by atoms with E-state index in [0.29, 0.717) is 69.0 Å². The minimum Gasteiger partial charge on any atom is -0.462 e. The Labute approximate surface area is 403 Å². The van der Waals surface area contributed by atoms with Gasteiger partial charge < -0.3 is 19.7 Å². The fraction of sp³-hybridized carbons (Fsp3) is 0.580. The lowest BCUT2D eigenvalue weighted by Gasteiger charge is -2.34. The number of hydrogen-bond acceptors (Lipinski definition) is 10. The summed E-state index contributed by atoms with van der Waals surface area (Å²) in [4.78, 5) is 32.1. The van der Waals surface area contributed by atoms with E-state index in [1.54, 1.807) is 13.8 Å². The molecule has 3 N–H and O–H groups in total. The molecule has 4 aliphatic rings. The summed E-state index contributed by atoms with van der Waals surface area (Å²) in [5.41, 5.74) is -1.99. The highest BCUT2D eigenvalue weighted by atomic mass is 32.2. The zero-order chi connectivity index (χ0) is 50.1. The number of nitrogens with zero attached hydrogens (tertiary/aromatic N) is 2. The molecular formula is C50H65F4N5O8S2. The summed E-state index contributed by atoms with van der Waals surface area (Å²) in [7, 11) is -9.34. The van der Waals surface area contributed by atoms with E-state index in [0.717, 1.165) is 17.7 Å². The molecule has 1 fully saturated rings. The highest BCUT2D eigenvalue weighted by Crippen LogP contribution is 2.51. The van der Waals surface area contributed by atoms with E-state index in [1.165, 1.54) is 12.1 Å². The molecule has 0 radical (unpaired) electrons. The zero-order valence-corrected chi connectivity index (χ0v) is 42.2. The molecular weight excluding hydrogens is 939 g/mol. The minimum absolute atomic E-state index is 0.0211. The molecule has 3 aromatic carbocycles. The van der Waals surface area contributed by atoms with Gasteiger partial charge in [-0.1, -0.05) is 74.1 Å². The first-order valence-corrected chi connectivity index (χ1v) is 27.5. The van der Waals surface area contributed by atoms with Crippen LogP contribution >= 0.6 is 0 Å². The van der Waals surface area contributed by atoms with Crippen LogP contribution in [0.2, 0.25) is 0 Å². The molecule has 4 heterocycles. The summed E-state index contributed by atoms with van der Waals surface area (Å²) in [6, 6.07) is 1.88. The van der Waals surface area contributed by atoms with E-state index in [1.807, 2.05) is 34.6 Å². The maximum absolute atomic E-state index is 17.4. The molecule has 69 heavy (non-hydrogen) atoms. The van der Waals surface area contributed by atoms with Crippen molar-refractivity contribution in [3.63, 3.8) is 0 Å². The molecule has 3 atom stereocenters. The Kier molecular flexibility index (Phi) is 16.2. The van der Waals surface area contributed by atoms with Gasteiger partial charge in [0.1, 0.15) is 11.0 Å². The molecule has 13 nitrogen and oxygen atoms in total. The van der Waals surface area contributed by atoms with Crippen LogP contribution in [-0.4, -0.2) is 78.0 Å². The lowest BCUT2D eigenvalue weighted by Crippen LogP contribution is -2.43. The summed E-state index contributed by atoms with van der Waals surface area (Å²) in [6.07, 6.45) is 5.57. The topological polar surface area (TPSA) is 173 Å². The van der Waals surface area contributed by atoms with Gasteiger partial charge in [0.2, 0.25) is 20.0 Å². The van der Waals surface area contributed by atoms with Crippen LogP contribution in [0, 0.1) is 29.2 Å². The normalized spacial score (nSPS) is 18.0. The summed E-state index contributed by atoms with van der Waals surface area (Å²) >= 11 is 0. The number of piperidine rings is 1. The van der Waals surface area contributed by atoms with E-state index in [4.69, 9.17) is 9.47 Å². The van der Waals surface area contributed by atoms with E-state index >= 15 is 34.4 Å². The maximum atomic E-state index is 17.4. The molecule has 0 spiro atoms. The number of sulfonamides is 2. The number of likely N-dealkylation sites (tertiary alicyclic amines) is 1. The van der Waals surface area contributed by atoms with Crippen LogP contribution in [0.15, 0.2) is 26.9 Å². The number of rotatable bonds is 18. The highest BCUT2D eigenvalue weighted by molar-refractivity contribution is 7.90. The largest absolute Gasteiger partial charge is 0.462 e. The number of esters is 1. The number of ether oxygens (including phenoxy) is 2. The Morgan fingerprint density at radius 2 is 1.46 bits per heavy atom. The predicted molar refractivity (Wildman–Crippen MR) is 254 cm³/mol. The monoisotopic (exact) mass is 1000 g/mol. The Hall–Kier alpha value is -4.59. The molecule has 378 valence electrons. The van der Waals surface area contributed by atoms with Gasteiger partial charge in [-0.2, -0.15) is 0 Å². The van der Waals surface area contributed by atoms with Crippen LogP contribution in [0.3, 0.4) is 0 Å². The molecule has 3 aromatic rings. The highest BCUT2D eigenvalue weighted by Gasteiger charge is 2.43. The molecule has 0 bridgehead atoms. The maximum Gasteiger partial charge on any atom is 0.308 e. The van der Waals surface area contributed by atoms with Crippen molar-refractivity contribution in [1.29, 1.82) is 0 Å². The van der Waals surface area contributed by atoms with Gasteiger partial charge in [0.25, 0.3) is 5.91 Å². The number of carbonyl (C=O) groups is 2. The van der Waals surface area contributed by atoms with Crippen LogP contribution in [0.25, 0.3) is 5.57 Å². The second-order valence-electron chi connectivity index (χ2n) is 19.0. The molecule has 19 heteroatoms. The molecule has 1 amide bonds. The van der Waals surface area contributed by atoms with Crippen molar-refractivity contribution in [1.82, 2.24) is 14.3 Å². The van der Waals surface area contributed by atoms with E-state index in [9.17, 15) is 9.59 Å². The first kappa shape index (κ1) is 52.2. The van der Waals surface area contributed by atoms with E-state index < -0.39 is 117 Å². The summed E-state index contributed by atoms with van der Waals surface area (Å²) in [6.45, 7) is 13.1. The number of nitrogens with one attached hydrogen (secondary N) is 3. The van der Waals surface area contributed by atoms with Crippen molar-refractivity contribution < 1.29 is 53.5 Å². The smallest absolute Gasteiger partial charge is 0.308 e. The van der Waals surface area contributed by atoms with Gasteiger partial charge in [0.05, 0.1) is 22.5 Å². The van der Waals surface area contributed by atoms with Crippen molar-refractivity contribution >= 4 is 43.2 Å². The number of benzene rings is 3. The molecule has 0 aromatic heterocycles. The molecule has 0 aliphatic carbocycles. The summed E-state index contributed by atoms with van der Waals surface area (Å²) in [5.74, 6) is -11.9. The standard InChI is InChI=1S/C50H65F4N5O8S2/c1-8-12-16-30(10-3)57-68(62,63)47-43-29(15-14-21-55-43)25-34-36(37-38(40(52)42(54)41(53)39(37)51)49(60)59-23-19-32(20-24-59)66-50(61)27(5)6)35-26-33-28(7)18-22-56-44(33)48(46(35)67-45(34)47)69(64,65)58-31(11-4)17-13-9-2/h25-28,30-32,56-58H,8-24H2,1-7H3. The molecule has 4 aliphatic heterocycles. The third-order valence-electron chi connectivity index (χ3n) is 13.8. The lowest BCUT2D eigenvalue weighted by molar-refractivity contribution is -0.154. The van der Waals surface area contributed by atoms with Crippen LogP contribution < -0.4 is 30.1 Å². The third kappa shape index (κ3) is 10.3. The third-order valence-corrected chi connectivity index (χ3v) is 16.9. The fourth-order valence-electron chi connectivity index (χ4n) is 9.76. The second kappa shape index (κ2) is 21.4. The number of amides is 1. The Bertz CT molecular complexity index is 2850. The van der Waals surface area contributed by atoms with Gasteiger partial charge >= 0.3 is 5.97 Å². The fourth-order valence-corrected chi connectivity index (χ4v) is 13.1. The molecule has 0 saturated carbocycles. The number of anilines is 1. The van der Waals surface area contributed by atoms with Gasteiger partial charge in [0, 0.05) is 73.0 Å². The van der Waals surface area contributed by atoms with Crippen LogP contribution in [-0.2, 0) is 36.0 Å².